The number of ether oxygens (including phenoxy) is 1. The van der Waals surface area contributed by atoms with E-state index in [9.17, 15) is 9.59 Å². The molecular formula is C19H28N4O3S. The van der Waals surface area contributed by atoms with E-state index in [2.05, 4.69) is 15.3 Å². The van der Waals surface area contributed by atoms with Crippen molar-refractivity contribution in [2.45, 2.75) is 49.8 Å². The van der Waals surface area contributed by atoms with E-state index in [0.717, 1.165) is 51.8 Å². The quantitative estimate of drug-likeness (QED) is 0.537. The fraction of sp³-hybridized carbons (Fsp3) is 0.684. The van der Waals surface area contributed by atoms with Crippen molar-refractivity contribution in [3.8, 4) is 0 Å². The van der Waals surface area contributed by atoms with Gasteiger partial charge >= 0.3 is 0 Å². The zero-order chi connectivity index (χ0) is 18.9. The van der Waals surface area contributed by atoms with Gasteiger partial charge in [0.1, 0.15) is 0 Å². The highest BCUT2D eigenvalue weighted by Crippen LogP contribution is 2.23. The smallest absolute Gasteiger partial charge is 0.233 e. The fourth-order valence-corrected chi connectivity index (χ4v) is 4.21. The first kappa shape index (κ1) is 20.1. The first-order valence-corrected chi connectivity index (χ1v) is 10.7. The predicted molar refractivity (Wildman–Crippen MR) is 103 cm³/mol. The van der Waals surface area contributed by atoms with E-state index in [-0.39, 0.29) is 17.9 Å². The highest BCUT2D eigenvalue weighted by Gasteiger charge is 2.23. The zero-order valence-electron chi connectivity index (χ0n) is 15.6. The maximum absolute atomic E-state index is 12.3. The molecule has 2 saturated heterocycles. The number of hydrogen-bond donors (Lipinski definition) is 1. The maximum Gasteiger partial charge on any atom is 0.233 e. The molecule has 8 heteroatoms. The molecule has 148 valence electrons. The molecule has 3 rings (SSSR count). The number of nitrogens with one attached hydrogen (secondary N) is 1. The van der Waals surface area contributed by atoms with Crippen LogP contribution in [-0.4, -0.2) is 64.8 Å². The number of piperidine rings is 1. The van der Waals surface area contributed by atoms with Gasteiger partial charge in [-0.25, -0.2) is 9.97 Å². The van der Waals surface area contributed by atoms with Gasteiger partial charge in [0.15, 0.2) is 5.16 Å². The lowest BCUT2D eigenvalue weighted by Gasteiger charge is -2.32. The Morgan fingerprint density at radius 3 is 2.70 bits per heavy atom. The number of hydrogen-bond acceptors (Lipinski definition) is 6. The molecule has 1 aromatic heterocycles. The lowest BCUT2D eigenvalue weighted by atomic mass is 9.92. The molecule has 1 atom stereocenters. The molecule has 0 radical (unpaired) electrons. The molecule has 27 heavy (non-hydrogen) atoms. The Labute approximate surface area is 164 Å². The Morgan fingerprint density at radius 1 is 1.22 bits per heavy atom. The van der Waals surface area contributed by atoms with E-state index in [1.165, 1.54) is 11.8 Å². The monoisotopic (exact) mass is 392 g/mol. The second-order valence-electron chi connectivity index (χ2n) is 7.12. The van der Waals surface area contributed by atoms with E-state index >= 15 is 0 Å². The summed E-state index contributed by atoms with van der Waals surface area (Å²) in [6.45, 7) is 3.00. The molecule has 0 saturated carbocycles. The number of rotatable bonds is 8. The largest absolute Gasteiger partial charge is 0.376 e. The van der Waals surface area contributed by atoms with Gasteiger partial charge in [-0.1, -0.05) is 11.8 Å². The minimum absolute atomic E-state index is 0.114. The average Bonchev–Trinajstić information content (AvgIpc) is 3.24. The van der Waals surface area contributed by atoms with Crippen LogP contribution in [0.4, 0.5) is 0 Å². The maximum atomic E-state index is 12.3. The molecule has 2 aliphatic rings. The van der Waals surface area contributed by atoms with E-state index < -0.39 is 0 Å². The van der Waals surface area contributed by atoms with Crippen LogP contribution < -0.4 is 5.32 Å². The lowest BCUT2D eigenvalue weighted by molar-refractivity contribution is -0.130. The summed E-state index contributed by atoms with van der Waals surface area (Å²) in [7, 11) is 0. The summed E-state index contributed by atoms with van der Waals surface area (Å²) in [6.07, 6.45) is 9.09. The molecule has 2 fully saturated rings. The summed E-state index contributed by atoms with van der Waals surface area (Å²) >= 11 is 1.38. The van der Waals surface area contributed by atoms with Crippen molar-refractivity contribution in [2.75, 3.05) is 32.0 Å². The third-order valence-corrected chi connectivity index (χ3v) is 6.02. The number of aromatic nitrogens is 2. The number of carbonyl (C=O) groups excluding carboxylic acids is 2. The van der Waals surface area contributed by atoms with Crippen molar-refractivity contribution in [2.24, 2.45) is 5.92 Å². The summed E-state index contributed by atoms with van der Waals surface area (Å²) in [4.78, 5) is 34.5. The van der Waals surface area contributed by atoms with Crippen molar-refractivity contribution in [1.82, 2.24) is 20.2 Å². The SMILES string of the molecule is O=C(CCC1CCN(C(=O)CSc2ncccn2)CC1)NC[C@@H]1CCCO1. The molecule has 0 aliphatic carbocycles. The van der Waals surface area contributed by atoms with Crippen molar-refractivity contribution in [3.05, 3.63) is 18.5 Å². The Kier molecular flexibility index (Phi) is 7.89. The molecule has 0 bridgehead atoms. The van der Waals surface area contributed by atoms with E-state index in [0.29, 0.717) is 29.8 Å². The summed E-state index contributed by atoms with van der Waals surface area (Å²) in [5.41, 5.74) is 0. The molecule has 7 nitrogen and oxygen atoms in total. The third kappa shape index (κ3) is 6.77. The van der Waals surface area contributed by atoms with Gasteiger partial charge in [-0.2, -0.15) is 0 Å². The Hall–Kier alpha value is -1.67. The molecule has 1 aromatic rings. The van der Waals surface area contributed by atoms with Crippen LogP contribution in [0.25, 0.3) is 0 Å². The highest BCUT2D eigenvalue weighted by molar-refractivity contribution is 7.99. The van der Waals surface area contributed by atoms with Crippen molar-refractivity contribution >= 4 is 23.6 Å². The number of thioether (sulfide) groups is 1. The minimum atomic E-state index is 0.114. The summed E-state index contributed by atoms with van der Waals surface area (Å²) in [5, 5.41) is 3.61. The van der Waals surface area contributed by atoms with Crippen molar-refractivity contribution in [3.63, 3.8) is 0 Å². The predicted octanol–water partition coefficient (Wildman–Crippen LogP) is 1.88. The van der Waals surface area contributed by atoms with Crippen molar-refractivity contribution in [1.29, 1.82) is 0 Å². The average molecular weight is 393 g/mol. The van der Waals surface area contributed by atoms with Gasteiger partial charge in [0.25, 0.3) is 0 Å². The molecule has 1 N–H and O–H groups in total. The summed E-state index contributed by atoms with van der Waals surface area (Å²) < 4.78 is 5.52. The topological polar surface area (TPSA) is 84.4 Å². The van der Waals surface area contributed by atoms with Crippen LogP contribution in [0.3, 0.4) is 0 Å². The molecule has 2 aliphatic heterocycles. The van der Waals surface area contributed by atoms with Crippen LogP contribution in [0.2, 0.25) is 0 Å². The first-order chi connectivity index (χ1) is 13.2. The van der Waals surface area contributed by atoms with Crippen LogP contribution in [0.15, 0.2) is 23.6 Å². The molecule has 3 heterocycles. The Bertz CT molecular complexity index is 602. The van der Waals surface area contributed by atoms with Crippen LogP contribution in [-0.2, 0) is 14.3 Å². The second-order valence-corrected chi connectivity index (χ2v) is 8.06. The van der Waals surface area contributed by atoms with Gasteiger partial charge in [0, 0.05) is 45.1 Å². The molecule has 0 unspecified atom stereocenters. The van der Waals surface area contributed by atoms with Gasteiger partial charge in [-0.15, -0.1) is 0 Å². The zero-order valence-corrected chi connectivity index (χ0v) is 16.5. The minimum Gasteiger partial charge on any atom is -0.376 e. The van der Waals surface area contributed by atoms with E-state index in [1.807, 2.05) is 4.90 Å². The molecular weight excluding hydrogens is 364 g/mol. The first-order valence-electron chi connectivity index (χ1n) is 9.76. The number of nitrogens with zero attached hydrogens (tertiary/aromatic N) is 3. The second kappa shape index (κ2) is 10.6. The van der Waals surface area contributed by atoms with Gasteiger partial charge < -0.3 is 15.0 Å². The lowest BCUT2D eigenvalue weighted by Crippen LogP contribution is -2.39. The molecule has 0 spiro atoms. The highest BCUT2D eigenvalue weighted by atomic mass is 32.2. The van der Waals surface area contributed by atoms with Crippen LogP contribution >= 0.6 is 11.8 Å². The standard InChI is InChI=1S/C19H28N4O3S/c24-17(22-13-16-3-1-12-26-16)5-4-15-6-10-23(11-7-15)18(25)14-27-19-20-8-2-9-21-19/h2,8-9,15-16H,1,3-7,10-14H2,(H,22,24)/t16-/m0/s1. The number of likely N-dealkylation sites (tertiary alicyclic amines) is 1. The van der Waals surface area contributed by atoms with Crippen molar-refractivity contribution < 1.29 is 14.3 Å². The fourth-order valence-electron chi connectivity index (χ4n) is 3.51. The van der Waals surface area contributed by atoms with Gasteiger partial charge in [0.05, 0.1) is 11.9 Å². The summed E-state index contributed by atoms with van der Waals surface area (Å²) in [5.74, 6) is 1.15. The molecule has 0 aromatic carbocycles. The van der Waals surface area contributed by atoms with Gasteiger partial charge in [-0.3, -0.25) is 9.59 Å². The Balaban J connectivity index is 1.28. The number of carbonyl (C=O) groups is 2. The van der Waals surface area contributed by atoms with Crippen LogP contribution in [0.5, 0.6) is 0 Å². The van der Waals surface area contributed by atoms with Gasteiger partial charge in [0.2, 0.25) is 11.8 Å². The normalized spacial score (nSPS) is 20.6. The Morgan fingerprint density at radius 2 is 2.00 bits per heavy atom. The number of amides is 2. The third-order valence-electron chi connectivity index (χ3n) is 5.16. The van der Waals surface area contributed by atoms with Crippen LogP contribution in [0, 0.1) is 5.92 Å². The van der Waals surface area contributed by atoms with Gasteiger partial charge in [-0.05, 0) is 44.1 Å². The molecule has 2 amide bonds. The van der Waals surface area contributed by atoms with Crippen LogP contribution in [0.1, 0.15) is 38.5 Å². The van der Waals surface area contributed by atoms with E-state index in [1.54, 1.807) is 18.5 Å². The van der Waals surface area contributed by atoms with E-state index in [4.69, 9.17) is 4.74 Å². The summed E-state index contributed by atoms with van der Waals surface area (Å²) in [6, 6.07) is 1.76.